The molecule has 2 rings (SSSR count). The molecule has 0 spiro atoms. The van der Waals surface area contributed by atoms with E-state index >= 15 is 0 Å². The van der Waals surface area contributed by atoms with Crippen molar-refractivity contribution in [1.82, 2.24) is 9.97 Å². The minimum Gasteiger partial charge on any atom is -0.366 e. The molecular weight excluding hydrogens is 296 g/mol. The average molecular weight is 306 g/mol. The Hall–Kier alpha value is -2.06. The first kappa shape index (κ1) is 14.4. The van der Waals surface area contributed by atoms with Gasteiger partial charge in [-0.05, 0) is 45.9 Å². The Labute approximate surface area is 122 Å². The number of hydrogen-bond donors (Lipinski definition) is 2. The van der Waals surface area contributed by atoms with Crippen molar-refractivity contribution in [2.75, 3.05) is 0 Å². The van der Waals surface area contributed by atoms with Crippen molar-refractivity contribution in [3.8, 4) is 0 Å². The van der Waals surface area contributed by atoms with Crippen LogP contribution in [0.15, 0.2) is 46.7 Å². The van der Waals surface area contributed by atoms with Crippen LogP contribution in [0, 0.1) is 0 Å². The Kier molecular flexibility index (Phi) is 4.59. The summed E-state index contributed by atoms with van der Waals surface area (Å²) in [6.07, 6.45) is 2.85. The number of rotatable bonds is 5. The van der Waals surface area contributed by atoms with E-state index in [0.717, 1.165) is 10.1 Å². The van der Waals surface area contributed by atoms with Crippen LogP contribution in [0.2, 0.25) is 0 Å². The lowest BCUT2D eigenvalue weighted by Crippen LogP contribution is -2.11. The Morgan fingerprint density at radius 1 is 0.800 bits per heavy atom. The molecule has 0 aromatic carbocycles. The molecule has 0 unspecified atom stereocenters. The van der Waals surface area contributed by atoms with Crippen molar-refractivity contribution in [1.29, 1.82) is 0 Å². The Morgan fingerprint density at radius 2 is 1.20 bits per heavy atom. The van der Waals surface area contributed by atoms with E-state index in [2.05, 4.69) is 9.97 Å². The van der Waals surface area contributed by atoms with E-state index in [-0.39, 0.29) is 0 Å². The van der Waals surface area contributed by atoms with Crippen LogP contribution in [-0.2, 0) is 0 Å². The molecule has 8 heteroatoms. The smallest absolute Gasteiger partial charge is 0.250 e. The van der Waals surface area contributed by atoms with Crippen LogP contribution < -0.4 is 11.5 Å². The van der Waals surface area contributed by atoms with Crippen LogP contribution >= 0.6 is 21.6 Å². The molecule has 2 amide bonds. The van der Waals surface area contributed by atoms with Gasteiger partial charge in [-0.3, -0.25) is 9.59 Å². The van der Waals surface area contributed by atoms with Gasteiger partial charge in [0.2, 0.25) is 11.8 Å². The number of aromatic nitrogens is 2. The predicted octanol–water partition coefficient (Wildman–Crippen LogP) is 1.47. The molecule has 0 saturated carbocycles. The van der Waals surface area contributed by atoms with Crippen LogP contribution in [0.3, 0.4) is 0 Å². The monoisotopic (exact) mass is 306 g/mol. The van der Waals surface area contributed by atoms with Crippen molar-refractivity contribution in [3.05, 3.63) is 47.8 Å². The fraction of sp³-hybridized carbons (Fsp3) is 0. The van der Waals surface area contributed by atoms with E-state index in [1.807, 2.05) is 0 Å². The first-order chi connectivity index (χ1) is 9.56. The van der Waals surface area contributed by atoms with Crippen molar-refractivity contribution < 1.29 is 9.59 Å². The molecule has 2 heterocycles. The SMILES string of the molecule is NC(=O)c1ccc(SSc2ccc(C(N)=O)cn2)nc1. The van der Waals surface area contributed by atoms with Crippen LogP contribution in [0.25, 0.3) is 0 Å². The van der Waals surface area contributed by atoms with Crippen molar-refractivity contribution >= 4 is 33.4 Å². The van der Waals surface area contributed by atoms with Gasteiger partial charge in [0.05, 0.1) is 11.1 Å². The highest BCUT2D eigenvalue weighted by Gasteiger charge is 2.05. The molecule has 0 bridgehead atoms. The molecule has 2 aromatic rings. The number of nitrogens with two attached hydrogens (primary N) is 2. The van der Waals surface area contributed by atoms with E-state index < -0.39 is 11.8 Å². The van der Waals surface area contributed by atoms with Crippen molar-refractivity contribution in [2.24, 2.45) is 11.5 Å². The van der Waals surface area contributed by atoms with Crippen molar-refractivity contribution in [3.63, 3.8) is 0 Å². The lowest BCUT2D eigenvalue weighted by molar-refractivity contribution is 0.0991. The first-order valence-corrected chi connectivity index (χ1v) is 7.57. The molecule has 6 nitrogen and oxygen atoms in total. The lowest BCUT2D eigenvalue weighted by Gasteiger charge is -2.01. The van der Waals surface area contributed by atoms with E-state index in [9.17, 15) is 9.59 Å². The first-order valence-electron chi connectivity index (χ1n) is 5.42. The number of amides is 2. The lowest BCUT2D eigenvalue weighted by atomic mass is 10.3. The van der Waals surface area contributed by atoms with E-state index in [4.69, 9.17) is 11.5 Å². The predicted molar refractivity (Wildman–Crippen MR) is 77.2 cm³/mol. The van der Waals surface area contributed by atoms with Crippen LogP contribution in [0.1, 0.15) is 20.7 Å². The molecule has 0 atom stereocenters. The van der Waals surface area contributed by atoms with Gasteiger partial charge in [-0.1, -0.05) is 0 Å². The summed E-state index contributed by atoms with van der Waals surface area (Å²) < 4.78 is 0. The van der Waals surface area contributed by atoms with Gasteiger partial charge in [-0.25, -0.2) is 9.97 Å². The fourth-order valence-electron chi connectivity index (χ4n) is 1.24. The van der Waals surface area contributed by atoms with Gasteiger partial charge < -0.3 is 11.5 Å². The van der Waals surface area contributed by atoms with Gasteiger partial charge in [0.25, 0.3) is 0 Å². The number of carbonyl (C=O) groups is 2. The van der Waals surface area contributed by atoms with Gasteiger partial charge in [-0.15, -0.1) is 0 Å². The van der Waals surface area contributed by atoms with Gasteiger partial charge in [-0.2, -0.15) is 0 Å². The zero-order valence-corrected chi connectivity index (χ0v) is 11.8. The maximum Gasteiger partial charge on any atom is 0.250 e. The normalized spacial score (nSPS) is 10.2. The summed E-state index contributed by atoms with van der Waals surface area (Å²) in [7, 11) is 2.77. The summed E-state index contributed by atoms with van der Waals surface area (Å²) in [4.78, 5) is 30.0. The summed E-state index contributed by atoms with van der Waals surface area (Å²) in [6, 6.07) is 6.63. The molecule has 0 aliphatic rings. The summed E-state index contributed by atoms with van der Waals surface area (Å²) in [5.74, 6) is -1.02. The average Bonchev–Trinajstić information content (AvgIpc) is 2.46. The fourth-order valence-corrected chi connectivity index (χ4v) is 2.95. The van der Waals surface area contributed by atoms with Gasteiger partial charge in [0.1, 0.15) is 10.1 Å². The van der Waals surface area contributed by atoms with E-state index in [1.165, 1.54) is 34.0 Å². The third-order valence-corrected chi connectivity index (χ3v) is 4.44. The summed E-state index contributed by atoms with van der Waals surface area (Å²) in [5, 5.41) is 1.45. The number of carbonyl (C=O) groups excluding carboxylic acids is 2. The van der Waals surface area contributed by atoms with Crippen LogP contribution in [-0.4, -0.2) is 21.8 Å². The molecule has 0 saturated heterocycles. The zero-order valence-electron chi connectivity index (χ0n) is 10.1. The second-order valence-corrected chi connectivity index (χ2v) is 5.84. The van der Waals surface area contributed by atoms with Crippen LogP contribution in [0.5, 0.6) is 0 Å². The maximum atomic E-state index is 10.9. The Morgan fingerprint density at radius 3 is 1.45 bits per heavy atom. The molecular formula is C12H10N4O2S2. The van der Waals surface area contributed by atoms with Crippen LogP contribution in [0.4, 0.5) is 0 Å². The summed E-state index contributed by atoms with van der Waals surface area (Å²) in [5.41, 5.74) is 11.0. The highest BCUT2D eigenvalue weighted by molar-refractivity contribution is 8.76. The van der Waals surface area contributed by atoms with Crippen molar-refractivity contribution in [2.45, 2.75) is 10.1 Å². The quantitative estimate of drug-likeness (QED) is 0.809. The molecule has 2 aromatic heterocycles. The molecule has 4 N–H and O–H groups in total. The minimum atomic E-state index is -0.509. The van der Waals surface area contributed by atoms with Gasteiger partial charge >= 0.3 is 0 Å². The highest BCUT2D eigenvalue weighted by atomic mass is 33.1. The van der Waals surface area contributed by atoms with E-state index in [0.29, 0.717) is 11.1 Å². The third-order valence-electron chi connectivity index (χ3n) is 2.25. The van der Waals surface area contributed by atoms with Gasteiger partial charge in [0, 0.05) is 12.4 Å². The molecule has 0 aliphatic carbocycles. The Bertz CT molecular complexity index is 571. The Balaban J connectivity index is 1.97. The summed E-state index contributed by atoms with van der Waals surface area (Å²) in [6.45, 7) is 0. The molecule has 0 aliphatic heterocycles. The molecule has 0 radical (unpaired) electrons. The topological polar surface area (TPSA) is 112 Å². The summed E-state index contributed by atoms with van der Waals surface area (Å²) >= 11 is 0. The largest absolute Gasteiger partial charge is 0.366 e. The second-order valence-electron chi connectivity index (χ2n) is 3.67. The zero-order chi connectivity index (χ0) is 14.5. The standard InChI is InChI=1S/C12H10N4O2S2/c13-11(17)7-1-3-9(15-5-7)19-20-10-4-2-8(6-16-10)12(14)18/h1-6H,(H2,13,17)(H2,14,18). The number of pyridine rings is 2. The molecule has 0 fully saturated rings. The number of primary amides is 2. The second kappa shape index (κ2) is 6.40. The number of hydrogen-bond acceptors (Lipinski definition) is 6. The third kappa shape index (κ3) is 3.72. The number of nitrogens with zero attached hydrogens (tertiary/aromatic N) is 2. The maximum absolute atomic E-state index is 10.9. The van der Waals surface area contributed by atoms with E-state index in [1.54, 1.807) is 24.3 Å². The molecule has 102 valence electrons. The minimum absolute atomic E-state index is 0.364. The highest BCUT2D eigenvalue weighted by Crippen LogP contribution is 2.34. The van der Waals surface area contributed by atoms with Gasteiger partial charge in [0.15, 0.2) is 0 Å². The molecule has 20 heavy (non-hydrogen) atoms.